The van der Waals surface area contributed by atoms with Gasteiger partial charge in [-0.3, -0.25) is 4.98 Å². The summed E-state index contributed by atoms with van der Waals surface area (Å²) in [6.45, 7) is 6.33. The minimum Gasteiger partial charge on any atom is -0.492 e. The van der Waals surface area contributed by atoms with Crippen molar-refractivity contribution >= 4 is 0 Å². The van der Waals surface area contributed by atoms with E-state index in [0.29, 0.717) is 19.6 Å². The van der Waals surface area contributed by atoms with Gasteiger partial charge in [0.05, 0.1) is 12.3 Å². The zero-order chi connectivity index (χ0) is 11.8. The van der Waals surface area contributed by atoms with Crippen LogP contribution >= 0.6 is 0 Å². The van der Waals surface area contributed by atoms with Crippen LogP contribution in [0.3, 0.4) is 0 Å². The van der Waals surface area contributed by atoms with Gasteiger partial charge in [0.2, 0.25) is 0 Å². The summed E-state index contributed by atoms with van der Waals surface area (Å²) in [5.74, 6) is 0.806. The summed E-state index contributed by atoms with van der Waals surface area (Å²) < 4.78 is 5.57. The molecule has 1 aromatic rings. The molecule has 1 aromatic heterocycles. The molecule has 0 bridgehead atoms. The predicted octanol–water partition coefficient (Wildman–Crippen LogP) is 1.26. The van der Waals surface area contributed by atoms with Crippen molar-refractivity contribution in [2.24, 2.45) is 0 Å². The molecule has 0 amide bonds. The average molecular weight is 224 g/mol. The lowest BCUT2D eigenvalue weighted by Crippen LogP contribution is -2.15. The Morgan fingerprint density at radius 1 is 1.44 bits per heavy atom. The van der Waals surface area contributed by atoms with E-state index in [9.17, 15) is 0 Å². The van der Waals surface area contributed by atoms with Gasteiger partial charge in [-0.1, -0.05) is 6.92 Å². The number of hydrogen-bond acceptors (Lipinski definition) is 4. The Labute approximate surface area is 96.7 Å². The van der Waals surface area contributed by atoms with Crippen molar-refractivity contribution in [1.29, 1.82) is 0 Å². The van der Waals surface area contributed by atoms with Crippen LogP contribution in [-0.4, -0.2) is 29.8 Å². The summed E-state index contributed by atoms with van der Waals surface area (Å²) >= 11 is 0. The fraction of sp³-hybridized carbons (Fsp3) is 0.583. The van der Waals surface area contributed by atoms with Crippen LogP contribution in [0.4, 0.5) is 0 Å². The number of aliphatic hydroxyl groups is 1. The second kappa shape index (κ2) is 7.19. The lowest BCUT2D eigenvalue weighted by molar-refractivity contribution is 0.231. The molecule has 0 aliphatic heterocycles. The smallest absolute Gasteiger partial charge is 0.142 e. The minimum atomic E-state index is 0.155. The maximum absolute atomic E-state index is 8.69. The van der Waals surface area contributed by atoms with Crippen LogP contribution in [-0.2, 0) is 6.54 Å². The van der Waals surface area contributed by atoms with E-state index in [-0.39, 0.29) is 6.61 Å². The van der Waals surface area contributed by atoms with Gasteiger partial charge in [-0.05, 0) is 25.6 Å². The molecule has 0 spiro atoms. The lowest BCUT2D eigenvalue weighted by atomic mass is 10.3. The molecular weight excluding hydrogens is 204 g/mol. The first-order chi connectivity index (χ1) is 7.77. The minimum absolute atomic E-state index is 0.155. The van der Waals surface area contributed by atoms with E-state index in [4.69, 9.17) is 9.84 Å². The van der Waals surface area contributed by atoms with Crippen LogP contribution < -0.4 is 10.1 Å². The zero-order valence-electron chi connectivity index (χ0n) is 9.99. The van der Waals surface area contributed by atoms with E-state index >= 15 is 0 Å². The summed E-state index contributed by atoms with van der Waals surface area (Å²) in [5.41, 5.74) is 1.92. The summed E-state index contributed by atoms with van der Waals surface area (Å²) in [7, 11) is 0. The van der Waals surface area contributed by atoms with E-state index in [1.807, 2.05) is 19.1 Å². The number of aliphatic hydroxyl groups excluding tert-OH is 1. The molecule has 0 aliphatic rings. The molecule has 1 rings (SSSR count). The van der Waals surface area contributed by atoms with Crippen LogP contribution in [0.1, 0.15) is 24.7 Å². The molecule has 0 aliphatic carbocycles. The largest absolute Gasteiger partial charge is 0.492 e. The van der Waals surface area contributed by atoms with Gasteiger partial charge in [0.25, 0.3) is 0 Å². The van der Waals surface area contributed by atoms with E-state index in [1.54, 1.807) is 0 Å². The number of aromatic nitrogens is 1. The number of aryl methyl sites for hydroxylation is 1. The molecule has 2 N–H and O–H groups in total. The third kappa shape index (κ3) is 4.16. The summed E-state index contributed by atoms with van der Waals surface area (Å²) in [6.07, 6.45) is 0.647. The summed E-state index contributed by atoms with van der Waals surface area (Å²) in [6, 6.07) is 3.87. The maximum Gasteiger partial charge on any atom is 0.142 e. The van der Waals surface area contributed by atoms with Gasteiger partial charge in [0.15, 0.2) is 0 Å². The lowest BCUT2D eigenvalue weighted by Gasteiger charge is -2.11. The van der Waals surface area contributed by atoms with Gasteiger partial charge in [-0.15, -0.1) is 0 Å². The Bertz CT molecular complexity index is 316. The zero-order valence-corrected chi connectivity index (χ0v) is 9.99. The third-order valence-electron chi connectivity index (χ3n) is 2.17. The molecular formula is C12H20N2O2. The van der Waals surface area contributed by atoms with Crippen molar-refractivity contribution in [1.82, 2.24) is 10.3 Å². The molecule has 4 heteroatoms. The highest BCUT2D eigenvalue weighted by Crippen LogP contribution is 2.16. The van der Waals surface area contributed by atoms with Gasteiger partial charge in [0, 0.05) is 25.3 Å². The highest BCUT2D eigenvalue weighted by atomic mass is 16.5. The van der Waals surface area contributed by atoms with Crippen LogP contribution in [0.25, 0.3) is 0 Å². The van der Waals surface area contributed by atoms with Crippen LogP contribution in [0.2, 0.25) is 0 Å². The Hall–Kier alpha value is -1.13. The Balaban J connectivity index is 2.64. The van der Waals surface area contributed by atoms with Gasteiger partial charge < -0.3 is 15.2 Å². The topological polar surface area (TPSA) is 54.4 Å². The molecule has 4 nitrogen and oxygen atoms in total. The van der Waals surface area contributed by atoms with E-state index in [1.165, 1.54) is 0 Å². The van der Waals surface area contributed by atoms with Crippen molar-refractivity contribution in [3.8, 4) is 5.75 Å². The highest BCUT2D eigenvalue weighted by molar-refractivity contribution is 5.29. The molecule has 0 atom stereocenters. The summed E-state index contributed by atoms with van der Waals surface area (Å²) in [5, 5.41) is 11.9. The van der Waals surface area contributed by atoms with Gasteiger partial charge in [-0.2, -0.15) is 0 Å². The Morgan fingerprint density at radius 2 is 2.25 bits per heavy atom. The highest BCUT2D eigenvalue weighted by Gasteiger charge is 2.05. The normalized spacial score (nSPS) is 10.4. The molecule has 0 aromatic carbocycles. The number of hydrogen-bond donors (Lipinski definition) is 2. The average Bonchev–Trinajstić information content (AvgIpc) is 2.29. The van der Waals surface area contributed by atoms with Crippen LogP contribution in [0, 0.1) is 6.92 Å². The van der Waals surface area contributed by atoms with Crippen molar-refractivity contribution in [3.63, 3.8) is 0 Å². The molecule has 90 valence electrons. The van der Waals surface area contributed by atoms with Gasteiger partial charge in [-0.25, -0.2) is 0 Å². The molecule has 0 radical (unpaired) electrons. The predicted molar refractivity (Wildman–Crippen MR) is 63.6 cm³/mol. The Morgan fingerprint density at radius 3 is 2.94 bits per heavy atom. The van der Waals surface area contributed by atoms with Crippen molar-refractivity contribution in [2.45, 2.75) is 26.8 Å². The second-order valence-corrected chi connectivity index (χ2v) is 3.60. The number of rotatable bonds is 7. The van der Waals surface area contributed by atoms with Crippen molar-refractivity contribution < 1.29 is 9.84 Å². The molecule has 0 saturated carbocycles. The van der Waals surface area contributed by atoms with E-state index < -0.39 is 0 Å². The standard InChI is InChI=1S/C12H20N2O2/c1-3-13-9-11-12(16-8-4-7-15)6-5-10(2)14-11/h5-6,13,15H,3-4,7-9H2,1-2H3. The fourth-order valence-electron chi connectivity index (χ4n) is 1.35. The third-order valence-corrected chi connectivity index (χ3v) is 2.17. The molecule has 0 fully saturated rings. The molecule has 16 heavy (non-hydrogen) atoms. The van der Waals surface area contributed by atoms with Crippen molar-refractivity contribution in [3.05, 3.63) is 23.5 Å². The first-order valence-corrected chi connectivity index (χ1v) is 5.68. The monoisotopic (exact) mass is 224 g/mol. The first-order valence-electron chi connectivity index (χ1n) is 5.68. The quantitative estimate of drug-likeness (QED) is 0.685. The maximum atomic E-state index is 8.69. The van der Waals surface area contributed by atoms with Crippen LogP contribution in [0.15, 0.2) is 12.1 Å². The SMILES string of the molecule is CCNCc1nc(C)ccc1OCCCO. The second-order valence-electron chi connectivity index (χ2n) is 3.60. The molecule has 0 saturated heterocycles. The Kier molecular flexibility index (Phi) is 5.82. The molecule has 0 unspecified atom stereocenters. The number of nitrogens with one attached hydrogen (secondary N) is 1. The number of ether oxygens (including phenoxy) is 1. The van der Waals surface area contributed by atoms with Gasteiger partial charge >= 0.3 is 0 Å². The van der Waals surface area contributed by atoms with Crippen LogP contribution in [0.5, 0.6) is 5.75 Å². The number of pyridine rings is 1. The number of nitrogens with zero attached hydrogens (tertiary/aromatic N) is 1. The molecule has 1 heterocycles. The first kappa shape index (κ1) is 12.9. The van der Waals surface area contributed by atoms with E-state index in [0.717, 1.165) is 23.7 Å². The fourth-order valence-corrected chi connectivity index (χ4v) is 1.35. The van der Waals surface area contributed by atoms with Gasteiger partial charge in [0.1, 0.15) is 5.75 Å². The van der Waals surface area contributed by atoms with E-state index in [2.05, 4.69) is 17.2 Å². The van der Waals surface area contributed by atoms with Crippen molar-refractivity contribution in [2.75, 3.05) is 19.8 Å². The summed E-state index contributed by atoms with van der Waals surface area (Å²) in [4.78, 5) is 4.44.